The van der Waals surface area contributed by atoms with Crippen LogP contribution in [0.4, 0.5) is 0 Å². The number of hydrogen-bond acceptors (Lipinski definition) is 1. The van der Waals surface area contributed by atoms with Crippen molar-refractivity contribution in [2.75, 3.05) is 5.88 Å². The molecule has 0 bridgehead atoms. The Morgan fingerprint density at radius 2 is 1.95 bits per heavy atom. The second-order valence-electron chi connectivity index (χ2n) is 5.23. The molecule has 0 N–H and O–H groups in total. The molecule has 3 rings (SSSR count). The van der Waals surface area contributed by atoms with E-state index in [9.17, 15) is 0 Å². The Bertz CT molecular complexity index is 808. The molecule has 3 aromatic rings. The Labute approximate surface area is 137 Å². The van der Waals surface area contributed by atoms with Crippen LogP contribution in [0.25, 0.3) is 16.7 Å². The normalized spacial score (nSPS) is 11.2. The quantitative estimate of drug-likeness (QED) is 0.586. The van der Waals surface area contributed by atoms with Gasteiger partial charge in [-0.2, -0.15) is 0 Å². The molecule has 0 atom stereocenters. The summed E-state index contributed by atoms with van der Waals surface area (Å²) < 4.78 is 3.31. The van der Waals surface area contributed by atoms with E-state index in [-0.39, 0.29) is 0 Å². The number of aryl methyl sites for hydroxylation is 3. The van der Waals surface area contributed by atoms with E-state index in [1.54, 1.807) is 0 Å². The Kier molecular flexibility index (Phi) is 4.05. The van der Waals surface area contributed by atoms with Gasteiger partial charge in [0, 0.05) is 16.8 Å². The molecule has 0 spiro atoms. The van der Waals surface area contributed by atoms with Gasteiger partial charge < -0.3 is 0 Å². The van der Waals surface area contributed by atoms with Gasteiger partial charge in [0.05, 0.1) is 16.7 Å². The average molecular weight is 364 g/mol. The van der Waals surface area contributed by atoms with Crippen molar-refractivity contribution >= 4 is 38.6 Å². The summed E-state index contributed by atoms with van der Waals surface area (Å²) in [6.45, 7) is 4.20. The lowest BCUT2D eigenvalue weighted by molar-refractivity contribution is 0.906. The molecule has 0 amide bonds. The molecule has 0 aliphatic carbocycles. The number of nitrogens with zero attached hydrogens (tertiary/aromatic N) is 2. The number of benzene rings is 2. The lowest BCUT2D eigenvalue weighted by Crippen LogP contribution is -2.04. The minimum Gasteiger partial charge on any atom is -0.296 e. The largest absolute Gasteiger partial charge is 0.296 e. The third-order valence-electron chi connectivity index (χ3n) is 3.60. The zero-order valence-electron chi connectivity index (χ0n) is 12.0. The van der Waals surface area contributed by atoms with Crippen LogP contribution in [0.15, 0.2) is 40.9 Å². The molecule has 0 aliphatic heterocycles. The van der Waals surface area contributed by atoms with Crippen LogP contribution in [0, 0.1) is 13.8 Å². The van der Waals surface area contributed by atoms with Gasteiger partial charge in [0.15, 0.2) is 0 Å². The van der Waals surface area contributed by atoms with Crippen molar-refractivity contribution in [3.05, 3.63) is 57.8 Å². The summed E-state index contributed by atoms with van der Waals surface area (Å²) in [5.74, 6) is 1.58. The van der Waals surface area contributed by atoms with Crippen LogP contribution in [0.1, 0.15) is 17.0 Å². The molecule has 0 aliphatic rings. The van der Waals surface area contributed by atoms with Gasteiger partial charge in [0.1, 0.15) is 5.82 Å². The second-order valence-corrected chi connectivity index (χ2v) is 6.52. The van der Waals surface area contributed by atoms with Crippen molar-refractivity contribution in [1.82, 2.24) is 9.55 Å². The van der Waals surface area contributed by atoms with Crippen molar-refractivity contribution in [1.29, 1.82) is 0 Å². The summed E-state index contributed by atoms with van der Waals surface area (Å²) in [6, 6.07) is 12.7. The molecule has 0 saturated heterocycles. The lowest BCUT2D eigenvalue weighted by Gasteiger charge is -2.12. The van der Waals surface area contributed by atoms with Crippen LogP contribution >= 0.6 is 27.5 Å². The highest BCUT2D eigenvalue weighted by molar-refractivity contribution is 9.10. The van der Waals surface area contributed by atoms with Crippen molar-refractivity contribution in [3.63, 3.8) is 0 Å². The molecule has 4 heteroatoms. The molecule has 0 saturated carbocycles. The highest BCUT2D eigenvalue weighted by atomic mass is 79.9. The molecular formula is C17H16BrClN2. The minimum absolute atomic E-state index is 0.567. The fourth-order valence-electron chi connectivity index (χ4n) is 2.63. The van der Waals surface area contributed by atoms with Crippen LogP contribution in [0.3, 0.4) is 0 Å². The average Bonchev–Trinajstić information content (AvgIpc) is 2.76. The second kappa shape index (κ2) is 5.82. The molecule has 108 valence electrons. The highest BCUT2D eigenvalue weighted by Crippen LogP contribution is 2.27. The maximum absolute atomic E-state index is 5.96. The van der Waals surface area contributed by atoms with Crippen LogP contribution in [0.2, 0.25) is 0 Å². The van der Waals surface area contributed by atoms with Crippen molar-refractivity contribution < 1.29 is 0 Å². The van der Waals surface area contributed by atoms with Gasteiger partial charge in [0.2, 0.25) is 0 Å². The van der Waals surface area contributed by atoms with Gasteiger partial charge >= 0.3 is 0 Å². The van der Waals surface area contributed by atoms with E-state index in [4.69, 9.17) is 16.6 Å². The number of imidazole rings is 1. The fourth-order valence-corrected chi connectivity index (χ4v) is 3.28. The van der Waals surface area contributed by atoms with E-state index in [2.05, 4.69) is 70.7 Å². The molecular weight excluding hydrogens is 348 g/mol. The molecule has 1 aromatic heterocycles. The van der Waals surface area contributed by atoms with Crippen molar-refractivity contribution in [2.45, 2.75) is 20.3 Å². The summed E-state index contributed by atoms with van der Waals surface area (Å²) in [7, 11) is 0. The van der Waals surface area contributed by atoms with E-state index >= 15 is 0 Å². The summed E-state index contributed by atoms with van der Waals surface area (Å²) in [5.41, 5.74) is 5.74. The lowest BCUT2D eigenvalue weighted by atomic mass is 10.2. The third-order valence-corrected chi connectivity index (χ3v) is 4.28. The van der Waals surface area contributed by atoms with E-state index < -0.39 is 0 Å². The first-order chi connectivity index (χ1) is 10.1. The molecule has 21 heavy (non-hydrogen) atoms. The zero-order chi connectivity index (χ0) is 15.0. The standard InChI is InChI=1S/C17H16BrClN2/c1-11-3-5-16-14(9-11)20-17(7-8-19)21(16)15-6-4-13(18)10-12(15)2/h3-6,9-10H,7-8H2,1-2H3. The van der Waals surface area contributed by atoms with Gasteiger partial charge in [-0.1, -0.05) is 22.0 Å². The number of halogens is 2. The molecule has 2 nitrogen and oxygen atoms in total. The summed E-state index contributed by atoms with van der Waals surface area (Å²) >= 11 is 9.48. The monoisotopic (exact) mass is 362 g/mol. The number of aromatic nitrogens is 2. The van der Waals surface area contributed by atoms with E-state index in [1.165, 1.54) is 11.1 Å². The number of hydrogen-bond donors (Lipinski definition) is 0. The molecule has 2 aromatic carbocycles. The Morgan fingerprint density at radius 3 is 2.67 bits per heavy atom. The first-order valence-electron chi connectivity index (χ1n) is 6.90. The smallest absolute Gasteiger partial charge is 0.115 e. The Hall–Kier alpha value is -1.32. The number of alkyl halides is 1. The topological polar surface area (TPSA) is 17.8 Å². The maximum atomic E-state index is 5.96. The van der Waals surface area contributed by atoms with E-state index in [0.717, 1.165) is 33.4 Å². The summed E-state index contributed by atoms with van der Waals surface area (Å²) in [4.78, 5) is 4.77. The van der Waals surface area contributed by atoms with Gasteiger partial charge in [-0.25, -0.2) is 4.98 Å². The van der Waals surface area contributed by atoms with Gasteiger partial charge in [-0.15, -0.1) is 11.6 Å². The predicted octanol–water partition coefficient (Wildman–Crippen LogP) is 5.19. The van der Waals surface area contributed by atoms with Gasteiger partial charge in [0.25, 0.3) is 0 Å². The van der Waals surface area contributed by atoms with Crippen molar-refractivity contribution in [2.24, 2.45) is 0 Å². The zero-order valence-corrected chi connectivity index (χ0v) is 14.4. The SMILES string of the molecule is Cc1ccc2c(c1)nc(CCCl)n2-c1ccc(Br)cc1C. The first-order valence-corrected chi connectivity index (χ1v) is 8.23. The highest BCUT2D eigenvalue weighted by Gasteiger charge is 2.13. The minimum atomic E-state index is 0.567. The van der Waals surface area contributed by atoms with Crippen LogP contribution in [0.5, 0.6) is 0 Å². The molecule has 1 heterocycles. The van der Waals surface area contributed by atoms with Crippen molar-refractivity contribution in [3.8, 4) is 5.69 Å². The molecule has 0 radical (unpaired) electrons. The van der Waals surface area contributed by atoms with Gasteiger partial charge in [-0.05, 0) is 55.3 Å². The molecule has 0 unspecified atom stereocenters. The predicted molar refractivity (Wildman–Crippen MR) is 92.7 cm³/mol. The first kappa shape index (κ1) is 14.6. The maximum Gasteiger partial charge on any atom is 0.115 e. The van der Waals surface area contributed by atoms with Crippen LogP contribution < -0.4 is 0 Å². The summed E-state index contributed by atoms with van der Waals surface area (Å²) in [6.07, 6.45) is 0.755. The third kappa shape index (κ3) is 2.72. The van der Waals surface area contributed by atoms with Gasteiger partial charge in [-0.3, -0.25) is 4.57 Å². The Balaban J connectivity index is 2.30. The van der Waals surface area contributed by atoms with E-state index in [0.29, 0.717) is 5.88 Å². The van der Waals surface area contributed by atoms with Crippen LogP contribution in [-0.2, 0) is 6.42 Å². The summed E-state index contributed by atoms with van der Waals surface area (Å²) in [5, 5.41) is 0. The fraction of sp³-hybridized carbons (Fsp3) is 0.235. The molecule has 0 fully saturated rings. The number of rotatable bonds is 3. The Morgan fingerprint density at radius 1 is 1.14 bits per heavy atom. The van der Waals surface area contributed by atoms with Crippen LogP contribution in [-0.4, -0.2) is 15.4 Å². The number of fused-ring (bicyclic) bond motifs is 1. The van der Waals surface area contributed by atoms with E-state index in [1.807, 2.05) is 0 Å².